The molecule has 0 aromatic carbocycles. The molecule has 10 heteroatoms. The van der Waals surface area contributed by atoms with E-state index >= 15 is 0 Å². The van der Waals surface area contributed by atoms with E-state index in [0.717, 1.165) is 76.5 Å². The highest BCUT2D eigenvalue weighted by Gasteiger charge is 2.44. The van der Waals surface area contributed by atoms with Crippen LogP contribution < -0.4 is 21.3 Å². The summed E-state index contributed by atoms with van der Waals surface area (Å²) in [7, 11) is 2.19. The molecule has 1 aliphatic heterocycles. The second-order valence-electron chi connectivity index (χ2n) is 15.3. The number of carbonyl (C=O) groups is 4. The van der Waals surface area contributed by atoms with Gasteiger partial charge in [0.05, 0.1) is 22.7 Å². The smallest absolute Gasteiger partial charge is 0.316 e. The van der Waals surface area contributed by atoms with Gasteiger partial charge in [-0.15, -0.1) is 11.8 Å². The van der Waals surface area contributed by atoms with Crippen LogP contribution in [0.15, 0.2) is 24.0 Å². The molecule has 4 aliphatic carbocycles. The standard InChI is InChI=1S/C20H36N2O2S.C10H12N2O2.C6H13N.CH4/c1-18(2,3)25-20(13-9-6-10-14-20)22-17(24)21-16(15-23)19(4)11-7-5-8-12-19;1-2-11-9-7-3-6(7)4-8(10(9)14)12-5-13;1-6-4-3-5-7(6)2;/h15-16H,5-14H2,1-4H3,(H2,21,22,24);2,5-6,8,11H,1,3-4H2,(H,12,13);6H,3-5H2,1-2H3;1H4/t16-;;6-;/m1.1./s1. The lowest BCUT2D eigenvalue weighted by molar-refractivity contribution is -0.121. The molecule has 5 aliphatic rings. The number of ketones is 1. The minimum absolute atomic E-state index is 0. The van der Waals surface area contributed by atoms with Gasteiger partial charge in [-0.05, 0) is 95.0 Å². The van der Waals surface area contributed by atoms with Crippen LogP contribution in [0.4, 0.5) is 4.79 Å². The average molecular weight is 676 g/mol. The summed E-state index contributed by atoms with van der Waals surface area (Å²) in [5.41, 5.74) is 1.71. The van der Waals surface area contributed by atoms with Gasteiger partial charge in [0.1, 0.15) is 6.29 Å². The Morgan fingerprint density at radius 1 is 1.04 bits per heavy atom. The van der Waals surface area contributed by atoms with E-state index in [0.29, 0.717) is 18.0 Å². The van der Waals surface area contributed by atoms with E-state index in [1.807, 2.05) is 11.8 Å². The van der Waals surface area contributed by atoms with Gasteiger partial charge in [-0.1, -0.05) is 80.2 Å². The molecular weight excluding hydrogens is 611 g/mol. The number of amides is 3. The van der Waals surface area contributed by atoms with Crippen molar-refractivity contribution in [2.75, 3.05) is 13.6 Å². The Bertz CT molecular complexity index is 1080. The molecule has 0 spiro atoms. The van der Waals surface area contributed by atoms with Crippen molar-refractivity contribution in [1.29, 1.82) is 0 Å². The SMILES string of the molecule is C.C=CNC1=C2CC2CC(NC=O)C1=O.CC(C)(C)SC1(NC(=O)N[C@H](C=O)C2(C)CCCCC2)CCCCC1.C[C@@H]1CCCN1C. The zero-order valence-corrected chi connectivity index (χ0v) is 30.2. The van der Waals surface area contributed by atoms with Gasteiger partial charge >= 0.3 is 6.03 Å². The maximum atomic E-state index is 12.8. The normalized spacial score (nSPS) is 26.7. The van der Waals surface area contributed by atoms with Crippen LogP contribution in [-0.4, -0.2) is 70.7 Å². The number of aldehydes is 1. The molecule has 0 aromatic heterocycles. The molecule has 4 fully saturated rings. The summed E-state index contributed by atoms with van der Waals surface area (Å²) in [6.07, 6.45) is 18.6. The Balaban J connectivity index is 0.000000290. The number of rotatable bonds is 9. The van der Waals surface area contributed by atoms with E-state index < -0.39 is 6.04 Å². The van der Waals surface area contributed by atoms with Crippen LogP contribution in [0.25, 0.3) is 0 Å². The predicted molar refractivity (Wildman–Crippen MR) is 195 cm³/mol. The molecule has 268 valence electrons. The fraction of sp³-hybridized carbons (Fsp3) is 0.784. The second kappa shape index (κ2) is 18.4. The molecule has 5 rings (SSSR count). The third-order valence-electron chi connectivity index (χ3n) is 10.3. The fourth-order valence-corrected chi connectivity index (χ4v) is 9.23. The number of hydrogen-bond donors (Lipinski definition) is 4. The number of carbonyl (C=O) groups excluding carboxylic acids is 4. The predicted octanol–water partition coefficient (Wildman–Crippen LogP) is 6.83. The van der Waals surface area contributed by atoms with Crippen LogP contribution in [-0.2, 0) is 14.4 Å². The van der Waals surface area contributed by atoms with E-state index in [4.69, 9.17) is 0 Å². The number of likely N-dealkylation sites (tertiary alicyclic amines) is 1. The minimum Gasteiger partial charge on any atom is -0.359 e. The number of urea groups is 1. The molecule has 1 saturated heterocycles. The van der Waals surface area contributed by atoms with Gasteiger partial charge in [0.2, 0.25) is 12.2 Å². The van der Waals surface area contributed by atoms with E-state index in [1.165, 1.54) is 44.0 Å². The minimum atomic E-state index is -0.395. The number of fused-ring (bicyclic) bond motifs is 1. The molecule has 2 unspecified atom stereocenters. The largest absolute Gasteiger partial charge is 0.359 e. The lowest BCUT2D eigenvalue weighted by Crippen LogP contribution is -2.57. The van der Waals surface area contributed by atoms with Crippen molar-refractivity contribution in [3.63, 3.8) is 0 Å². The summed E-state index contributed by atoms with van der Waals surface area (Å²) in [5, 5.41) is 11.7. The highest BCUT2D eigenvalue weighted by Crippen LogP contribution is 2.47. The third-order valence-corrected chi connectivity index (χ3v) is 11.8. The first-order valence-corrected chi connectivity index (χ1v) is 18.4. The molecule has 3 amide bonds. The van der Waals surface area contributed by atoms with Crippen molar-refractivity contribution in [3.8, 4) is 0 Å². The van der Waals surface area contributed by atoms with Crippen molar-refractivity contribution in [3.05, 3.63) is 24.0 Å². The monoisotopic (exact) mass is 675 g/mol. The van der Waals surface area contributed by atoms with Crippen LogP contribution in [0.5, 0.6) is 0 Å². The third kappa shape index (κ3) is 12.3. The summed E-state index contributed by atoms with van der Waals surface area (Å²) in [5.74, 6) is 0.452. The zero-order chi connectivity index (χ0) is 34.0. The van der Waals surface area contributed by atoms with Crippen LogP contribution in [0.3, 0.4) is 0 Å². The maximum Gasteiger partial charge on any atom is 0.316 e. The highest BCUT2D eigenvalue weighted by molar-refractivity contribution is 8.01. The van der Waals surface area contributed by atoms with Gasteiger partial charge in [-0.3, -0.25) is 9.59 Å². The number of allylic oxidation sites excluding steroid dienone is 1. The molecule has 0 radical (unpaired) electrons. The summed E-state index contributed by atoms with van der Waals surface area (Å²) in [6.45, 7) is 15.9. The van der Waals surface area contributed by atoms with Crippen molar-refractivity contribution in [1.82, 2.24) is 26.2 Å². The summed E-state index contributed by atoms with van der Waals surface area (Å²) < 4.78 is 0.0873. The first kappa shape index (κ1) is 40.8. The first-order valence-electron chi connectivity index (χ1n) is 17.5. The van der Waals surface area contributed by atoms with Crippen LogP contribution >= 0.6 is 11.8 Å². The van der Waals surface area contributed by atoms with Gasteiger partial charge in [0, 0.05) is 10.8 Å². The number of hydrogen-bond acceptors (Lipinski definition) is 7. The van der Waals surface area contributed by atoms with E-state index in [-0.39, 0.29) is 40.3 Å². The first-order chi connectivity index (χ1) is 21.8. The zero-order valence-electron chi connectivity index (χ0n) is 29.3. The number of Topliss-reactive ketones (excluding diaryl/α,β-unsaturated/α-hetero) is 1. The molecule has 4 atom stereocenters. The fourth-order valence-electron chi connectivity index (χ4n) is 7.42. The molecule has 4 N–H and O–H groups in total. The summed E-state index contributed by atoms with van der Waals surface area (Å²) >= 11 is 1.86. The summed E-state index contributed by atoms with van der Waals surface area (Å²) in [6, 6.07) is -0.0816. The average Bonchev–Trinajstić information content (AvgIpc) is 3.68. The Labute approximate surface area is 289 Å². The number of nitrogens with zero attached hydrogens (tertiary/aromatic N) is 1. The van der Waals surface area contributed by atoms with Crippen molar-refractivity contribution >= 4 is 36.3 Å². The van der Waals surface area contributed by atoms with E-state index in [9.17, 15) is 19.2 Å². The molecule has 9 nitrogen and oxygen atoms in total. The molecular formula is C37H65N5O4S. The quantitative estimate of drug-likeness (QED) is 0.156. The topological polar surface area (TPSA) is 120 Å². The Hall–Kier alpha value is -2.33. The van der Waals surface area contributed by atoms with E-state index in [1.54, 1.807) is 0 Å². The van der Waals surface area contributed by atoms with E-state index in [2.05, 4.69) is 74.4 Å². The lowest BCUT2D eigenvalue weighted by atomic mass is 9.71. The second-order valence-corrected chi connectivity index (χ2v) is 17.5. The number of thioether (sulfide) groups is 1. The van der Waals surface area contributed by atoms with Gasteiger partial charge in [0.15, 0.2) is 0 Å². The van der Waals surface area contributed by atoms with Gasteiger partial charge in [0.25, 0.3) is 0 Å². The number of nitrogens with one attached hydrogen (secondary N) is 4. The molecule has 0 aromatic rings. The van der Waals surface area contributed by atoms with Crippen molar-refractivity contribution in [2.24, 2.45) is 11.3 Å². The lowest BCUT2D eigenvalue weighted by Gasteiger charge is -2.43. The van der Waals surface area contributed by atoms with Crippen LogP contribution in [0, 0.1) is 11.3 Å². The Morgan fingerprint density at radius 3 is 2.13 bits per heavy atom. The highest BCUT2D eigenvalue weighted by atomic mass is 32.2. The van der Waals surface area contributed by atoms with Crippen molar-refractivity contribution in [2.45, 2.75) is 160 Å². The summed E-state index contributed by atoms with van der Waals surface area (Å²) in [4.78, 5) is 48.7. The van der Waals surface area contributed by atoms with Gasteiger partial charge in [-0.2, -0.15) is 0 Å². The van der Waals surface area contributed by atoms with Gasteiger partial charge < -0.3 is 31.0 Å². The Morgan fingerprint density at radius 2 is 1.66 bits per heavy atom. The molecule has 47 heavy (non-hydrogen) atoms. The Kier molecular flexibility index (Phi) is 16.0. The molecule has 0 bridgehead atoms. The van der Waals surface area contributed by atoms with Crippen LogP contribution in [0.1, 0.15) is 132 Å². The van der Waals surface area contributed by atoms with Crippen LogP contribution in [0.2, 0.25) is 0 Å². The maximum absolute atomic E-state index is 12.8. The molecule has 1 heterocycles. The van der Waals surface area contributed by atoms with Gasteiger partial charge in [-0.25, -0.2) is 4.79 Å². The molecule has 3 saturated carbocycles. The van der Waals surface area contributed by atoms with Crippen molar-refractivity contribution < 1.29 is 19.2 Å².